The van der Waals surface area contributed by atoms with E-state index in [1.54, 1.807) is 12.1 Å². The van der Waals surface area contributed by atoms with Crippen molar-refractivity contribution in [1.82, 2.24) is 0 Å². The van der Waals surface area contributed by atoms with Crippen LogP contribution in [-0.4, -0.2) is 16.9 Å². The fourth-order valence-electron chi connectivity index (χ4n) is 3.29. The van der Waals surface area contributed by atoms with Crippen molar-refractivity contribution in [3.63, 3.8) is 0 Å². The van der Waals surface area contributed by atoms with Gasteiger partial charge in [0.15, 0.2) is 5.78 Å². The maximum absolute atomic E-state index is 12.9. The van der Waals surface area contributed by atoms with Gasteiger partial charge < -0.3 is 14.6 Å². The highest BCUT2D eigenvalue weighted by atomic mass is 16.5. The number of rotatable bonds is 11. The summed E-state index contributed by atoms with van der Waals surface area (Å²) in [6.45, 7) is 2.51. The number of Topliss-reactive ketones (excluding diaryl/α,β-unsaturated/α-hetero) is 1. The summed E-state index contributed by atoms with van der Waals surface area (Å²) in [5, 5.41) is 9.41. The Bertz CT molecular complexity index is 1010. The van der Waals surface area contributed by atoms with Crippen LogP contribution in [0.1, 0.15) is 46.8 Å². The van der Waals surface area contributed by atoms with Crippen molar-refractivity contribution < 1.29 is 24.2 Å². The van der Waals surface area contributed by atoms with E-state index in [0.717, 1.165) is 11.1 Å². The first-order valence-corrected chi connectivity index (χ1v) is 10.3. The van der Waals surface area contributed by atoms with Gasteiger partial charge in [0.05, 0.1) is 12.0 Å². The lowest BCUT2D eigenvalue weighted by molar-refractivity contribution is -0.136. The summed E-state index contributed by atoms with van der Waals surface area (Å²) < 4.78 is 11.9. The van der Waals surface area contributed by atoms with Gasteiger partial charge in [-0.25, -0.2) is 0 Å². The molecule has 0 radical (unpaired) electrons. The van der Waals surface area contributed by atoms with Crippen LogP contribution in [0.15, 0.2) is 72.8 Å². The Morgan fingerprint density at radius 3 is 1.97 bits per heavy atom. The van der Waals surface area contributed by atoms with Gasteiger partial charge in [0.1, 0.15) is 24.7 Å². The van der Waals surface area contributed by atoms with Gasteiger partial charge >= 0.3 is 5.97 Å². The van der Waals surface area contributed by atoms with E-state index in [1.165, 1.54) is 0 Å². The van der Waals surface area contributed by atoms with Crippen LogP contribution >= 0.6 is 0 Å². The van der Waals surface area contributed by atoms with Crippen LogP contribution in [0.5, 0.6) is 11.5 Å². The number of aliphatic carboxylic acids is 1. The minimum atomic E-state index is -1.01. The zero-order chi connectivity index (χ0) is 22.1. The molecule has 5 heteroatoms. The molecule has 0 heterocycles. The third-order valence-corrected chi connectivity index (χ3v) is 4.74. The van der Waals surface area contributed by atoms with Crippen molar-refractivity contribution in [2.45, 2.75) is 39.4 Å². The molecule has 1 N–H and O–H groups in total. The molecule has 3 aromatic rings. The molecule has 0 atom stereocenters. The minimum absolute atomic E-state index is 0.128. The smallest absolute Gasteiger partial charge is 0.307 e. The fourth-order valence-corrected chi connectivity index (χ4v) is 3.29. The summed E-state index contributed by atoms with van der Waals surface area (Å²) in [6.07, 6.45) is 0.698. The first-order chi connectivity index (χ1) is 15.1. The first kappa shape index (κ1) is 22.1. The van der Waals surface area contributed by atoms with Crippen molar-refractivity contribution in [2.24, 2.45) is 0 Å². The average Bonchev–Trinajstić information content (AvgIpc) is 2.77. The molecule has 3 aromatic carbocycles. The zero-order valence-corrected chi connectivity index (χ0v) is 17.5. The largest absolute Gasteiger partial charge is 0.489 e. The summed E-state index contributed by atoms with van der Waals surface area (Å²) in [5.74, 6) is -0.323. The molecule has 0 fully saturated rings. The van der Waals surface area contributed by atoms with Gasteiger partial charge in [0, 0.05) is 12.5 Å². The molecule has 0 unspecified atom stereocenters. The summed E-state index contributed by atoms with van der Waals surface area (Å²) in [4.78, 5) is 24.3. The van der Waals surface area contributed by atoms with Crippen LogP contribution in [0.25, 0.3) is 0 Å². The number of hydrogen-bond acceptors (Lipinski definition) is 4. The van der Waals surface area contributed by atoms with E-state index < -0.39 is 5.97 Å². The van der Waals surface area contributed by atoms with Crippen molar-refractivity contribution >= 4 is 11.8 Å². The highest BCUT2D eigenvalue weighted by Gasteiger charge is 2.21. The molecule has 0 aliphatic carbocycles. The number of ketones is 1. The van der Waals surface area contributed by atoms with Crippen LogP contribution in [-0.2, 0) is 24.4 Å². The number of carbonyl (C=O) groups excluding carboxylic acids is 1. The summed E-state index contributed by atoms with van der Waals surface area (Å²) in [6, 6.07) is 22.6. The van der Waals surface area contributed by atoms with Crippen molar-refractivity contribution in [2.75, 3.05) is 0 Å². The number of carbonyl (C=O) groups is 2. The van der Waals surface area contributed by atoms with Gasteiger partial charge in [-0.2, -0.15) is 0 Å². The summed E-state index contributed by atoms with van der Waals surface area (Å²) in [7, 11) is 0. The molecule has 0 saturated carbocycles. The maximum Gasteiger partial charge on any atom is 0.307 e. The Morgan fingerprint density at radius 1 is 0.839 bits per heavy atom. The van der Waals surface area contributed by atoms with Crippen LogP contribution in [0.2, 0.25) is 0 Å². The van der Waals surface area contributed by atoms with Crippen molar-refractivity contribution in [3.8, 4) is 11.5 Å². The van der Waals surface area contributed by atoms with Gasteiger partial charge in [-0.3, -0.25) is 9.59 Å². The molecule has 0 bridgehead atoms. The van der Waals surface area contributed by atoms with E-state index in [4.69, 9.17) is 9.47 Å². The number of hydrogen-bond donors (Lipinski definition) is 1. The quantitative estimate of drug-likeness (QED) is 0.419. The second-order valence-electron chi connectivity index (χ2n) is 7.25. The molecule has 0 aliphatic rings. The van der Waals surface area contributed by atoms with Gasteiger partial charge in [0.2, 0.25) is 0 Å². The van der Waals surface area contributed by atoms with Gasteiger partial charge in [-0.1, -0.05) is 67.6 Å². The Morgan fingerprint density at radius 2 is 1.42 bits per heavy atom. The molecule has 0 aromatic heterocycles. The third-order valence-electron chi connectivity index (χ3n) is 4.74. The standard InChI is InChI=1S/C26H26O5/c1-2-9-23(27)26-21(15-25(28)29)14-22(30-17-19-10-5-3-6-11-19)16-24(26)31-18-20-12-7-4-8-13-20/h3-8,10-14,16H,2,9,15,17-18H2,1H3,(H,28,29). The highest BCUT2D eigenvalue weighted by molar-refractivity contribution is 6.01. The number of carboxylic acid groups (broad SMARTS) is 1. The van der Waals surface area contributed by atoms with Gasteiger partial charge in [-0.15, -0.1) is 0 Å². The molecular weight excluding hydrogens is 392 g/mol. The molecule has 0 aliphatic heterocycles. The maximum atomic E-state index is 12.9. The normalized spacial score (nSPS) is 10.5. The predicted octanol–water partition coefficient (Wildman–Crippen LogP) is 5.45. The molecule has 5 nitrogen and oxygen atoms in total. The van der Waals surface area contributed by atoms with Crippen LogP contribution in [0.3, 0.4) is 0 Å². The Hall–Kier alpha value is -3.60. The van der Waals surface area contributed by atoms with E-state index in [1.807, 2.05) is 67.6 Å². The molecule has 0 spiro atoms. The van der Waals surface area contributed by atoms with Crippen LogP contribution < -0.4 is 9.47 Å². The van der Waals surface area contributed by atoms with Gasteiger partial charge in [0.25, 0.3) is 0 Å². The molecule has 160 valence electrons. The lowest BCUT2D eigenvalue weighted by Gasteiger charge is -2.17. The zero-order valence-electron chi connectivity index (χ0n) is 17.5. The Balaban J connectivity index is 1.95. The van der Waals surface area contributed by atoms with E-state index in [9.17, 15) is 14.7 Å². The molecular formula is C26H26O5. The lowest BCUT2D eigenvalue weighted by atomic mass is 9.97. The molecule has 3 rings (SSSR count). The topological polar surface area (TPSA) is 72.8 Å². The average molecular weight is 418 g/mol. The Labute approximate surface area is 182 Å². The van der Waals surface area contributed by atoms with E-state index in [0.29, 0.717) is 42.1 Å². The summed E-state index contributed by atoms with van der Waals surface area (Å²) >= 11 is 0. The summed E-state index contributed by atoms with van der Waals surface area (Å²) in [5.41, 5.74) is 2.67. The number of benzene rings is 3. The second kappa shape index (κ2) is 11.0. The van der Waals surface area contributed by atoms with Crippen molar-refractivity contribution in [3.05, 3.63) is 95.1 Å². The van der Waals surface area contributed by atoms with Crippen molar-refractivity contribution in [1.29, 1.82) is 0 Å². The Kier molecular flexibility index (Phi) is 7.82. The van der Waals surface area contributed by atoms with Gasteiger partial charge in [-0.05, 0) is 29.2 Å². The second-order valence-corrected chi connectivity index (χ2v) is 7.25. The van der Waals surface area contributed by atoms with E-state index >= 15 is 0 Å². The van der Waals surface area contributed by atoms with E-state index in [-0.39, 0.29) is 18.8 Å². The van der Waals surface area contributed by atoms with E-state index in [2.05, 4.69) is 0 Å². The molecule has 31 heavy (non-hydrogen) atoms. The SMILES string of the molecule is CCCC(=O)c1c(CC(=O)O)cc(OCc2ccccc2)cc1OCc1ccccc1. The highest BCUT2D eigenvalue weighted by Crippen LogP contribution is 2.32. The lowest BCUT2D eigenvalue weighted by Crippen LogP contribution is -2.12. The van der Waals surface area contributed by atoms with Crippen LogP contribution in [0.4, 0.5) is 0 Å². The minimum Gasteiger partial charge on any atom is -0.489 e. The number of carboxylic acids is 1. The van der Waals surface area contributed by atoms with Crippen LogP contribution in [0, 0.1) is 0 Å². The monoisotopic (exact) mass is 418 g/mol. The third kappa shape index (κ3) is 6.44. The first-order valence-electron chi connectivity index (χ1n) is 10.3. The predicted molar refractivity (Wildman–Crippen MR) is 119 cm³/mol. The fraction of sp³-hybridized carbons (Fsp3) is 0.231. The molecule has 0 amide bonds. The molecule has 0 saturated heterocycles. The number of ether oxygens (including phenoxy) is 2.